The van der Waals surface area contributed by atoms with E-state index in [0.29, 0.717) is 0 Å². The smallest absolute Gasteiger partial charge is 0.251 e. The zero-order valence-electron chi connectivity index (χ0n) is 13.2. The number of carbonyl (C=O) groups excluding carboxylic acids is 1. The topological polar surface area (TPSA) is 32.3 Å². The van der Waals surface area contributed by atoms with E-state index in [1.807, 2.05) is 25.3 Å². The maximum absolute atomic E-state index is 12.3. The lowest BCUT2D eigenvalue weighted by atomic mass is 10.1. The molecule has 0 unspecified atom stereocenters. The number of piperidine rings is 1. The summed E-state index contributed by atoms with van der Waals surface area (Å²) in [7, 11) is 0. The van der Waals surface area contributed by atoms with Crippen LogP contribution in [0.15, 0.2) is 23.1 Å². The Morgan fingerprint density at radius 2 is 2.05 bits per heavy atom. The third kappa shape index (κ3) is 5.04. The van der Waals surface area contributed by atoms with Gasteiger partial charge in [0, 0.05) is 17.0 Å². The van der Waals surface area contributed by atoms with Gasteiger partial charge in [-0.25, -0.2) is 0 Å². The van der Waals surface area contributed by atoms with Crippen molar-refractivity contribution in [3.63, 3.8) is 0 Å². The molecule has 1 heterocycles. The van der Waals surface area contributed by atoms with Gasteiger partial charge in [0.25, 0.3) is 5.91 Å². The summed E-state index contributed by atoms with van der Waals surface area (Å²) in [5.41, 5.74) is 1.85. The molecular weight excluding hydrogens is 280 g/mol. The summed E-state index contributed by atoms with van der Waals surface area (Å²) in [6.45, 7) is 6.31. The van der Waals surface area contributed by atoms with Gasteiger partial charge in [-0.1, -0.05) is 12.5 Å². The maximum Gasteiger partial charge on any atom is 0.251 e. The number of likely N-dealkylation sites (tertiary alicyclic amines) is 1. The van der Waals surface area contributed by atoms with Crippen molar-refractivity contribution in [2.24, 2.45) is 0 Å². The van der Waals surface area contributed by atoms with Crippen LogP contribution in [0.2, 0.25) is 0 Å². The SMILES string of the molecule is CSc1ccc(C)c(C(=O)NCCCN2CCCCC2)c1. The summed E-state index contributed by atoms with van der Waals surface area (Å²) >= 11 is 1.67. The quantitative estimate of drug-likeness (QED) is 0.646. The zero-order valence-corrected chi connectivity index (χ0v) is 14.0. The molecular formula is C17H26N2OS. The van der Waals surface area contributed by atoms with Gasteiger partial charge < -0.3 is 10.2 Å². The van der Waals surface area contributed by atoms with Crippen molar-refractivity contribution in [1.29, 1.82) is 0 Å². The van der Waals surface area contributed by atoms with Gasteiger partial charge in [-0.3, -0.25) is 4.79 Å². The third-order valence-electron chi connectivity index (χ3n) is 4.07. The number of nitrogens with zero attached hydrogens (tertiary/aromatic N) is 1. The molecule has 0 saturated carbocycles. The molecule has 21 heavy (non-hydrogen) atoms. The second kappa shape index (κ2) is 8.44. The zero-order chi connectivity index (χ0) is 15.1. The number of hydrogen-bond acceptors (Lipinski definition) is 3. The normalized spacial score (nSPS) is 15.9. The van der Waals surface area contributed by atoms with E-state index in [1.54, 1.807) is 11.8 Å². The Labute approximate surface area is 132 Å². The van der Waals surface area contributed by atoms with Crippen LogP contribution in [-0.4, -0.2) is 43.2 Å². The molecule has 1 aliphatic heterocycles. The van der Waals surface area contributed by atoms with E-state index in [0.717, 1.165) is 35.5 Å². The fourth-order valence-electron chi connectivity index (χ4n) is 2.76. The van der Waals surface area contributed by atoms with Gasteiger partial charge in [0.1, 0.15) is 0 Å². The van der Waals surface area contributed by atoms with Crippen molar-refractivity contribution < 1.29 is 4.79 Å². The number of benzene rings is 1. The molecule has 1 aromatic carbocycles. The Bertz CT molecular complexity index is 470. The highest BCUT2D eigenvalue weighted by Crippen LogP contribution is 2.19. The minimum atomic E-state index is 0.0574. The van der Waals surface area contributed by atoms with Gasteiger partial charge in [0.15, 0.2) is 0 Å². The number of thioether (sulfide) groups is 1. The van der Waals surface area contributed by atoms with Crippen molar-refractivity contribution in [2.75, 3.05) is 32.4 Å². The van der Waals surface area contributed by atoms with Gasteiger partial charge in [0.2, 0.25) is 0 Å². The number of rotatable bonds is 6. The molecule has 1 fully saturated rings. The molecule has 1 amide bonds. The fourth-order valence-corrected chi connectivity index (χ4v) is 3.20. The molecule has 116 valence electrons. The van der Waals surface area contributed by atoms with Crippen molar-refractivity contribution in [3.05, 3.63) is 29.3 Å². The maximum atomic E-state index is 12.3. The molecule has 1 saturated heterocycles. The Kier molecular flexibility index (Phi) is 6.58. The second-order valence-electron chi connectivity index (χ2n) is 5.69. The standard InChI is InChI=1S/C17H26N2OS/c1-14-7-8-15(21-2)13-16(14)17(20)18-9-6-12-19-10-4-3-5-11-19/h7-8,13H,3-6,9-12H2,1-2H3,(H,18,20). The predicted octanol–water partition coefficient (Wildman–Crippen LogP) is 3.32. The Morgan fingerprint density at radius 1 is 1.29 bits per heavy atom. The lowest BCUT2D eigenvalue weighted by molar-refractivity contribution is 0.0950. The van der Waals surface area contributed by atoms with Crippen molar-refractivity contribution >= 4 is 17.7 Å². The first-order chi connectivity index (χ1) is 10.2. The first kappa shape index (κ1) is 16.4. The van der Waals surface area contributed by atoms with Crippen molar-refractivity contribution in [3.8, 4) is 0 Å². The molecule has 1 aromatic rings. The number of carbonyl (C=O) groups is 1. The van der Waals surface area contributed by atoms with Crippen LogP contribution in [0.3, 0.4) is 0 Å². The highest BCUT2D eigenvalue weighted by atomic mass is 32.2. The van der Waals surface area contributed by atoms with E-state index in [2.05, 4.69) is 16.3 Å². The first-order valence-corrected chi connectivity index (χ1v) is 9.08. The van der Waals surface area contributed by atoms with Crippen molar-refractivity contribution in [2.45, 2.75) is 37.5 Å². The van der Waals surface area contributed by atoms with Gasteiger partial charge >= 0.3 is 0 Å². The largest absolute Gasteiger partial charge is 0.352 e. The highest BCUT2D eigenvalue weighted by Gasteiger charge is 2.11. The van der Waals surface area contributed by atoms with Crippen LogP contribution in [-0.2, 0) is 0 Å². The summed E-state index contributed by atoms with van der Waals surface area (Å²) < 4.78 is 0. The Morgan fingerprint density at radius 3 is 2.76 bits per heavy atom. The molecule has 0 aromatic heterocycles. The van der Waals surface area contributed by atoms with Gasteiger partial charge in [-0.2, -0.15) is 0 Å². The number of aryl methyl sites for hydroxylation is 1. The van der Waals surface area contributed by atoms with Crippen LogP contribution in [0.25, 0.3) is 0 Å². The van der Waals surface area contributed by atoms with Gasteiger partial charge in [0.05, 0.1) is 0 Å². The molecule has 0 atom stereocenters. The summed E-state index contributed by atoms with van der Waals surface area (Å²) in [6, 6.07) is 6.07. The molecule has 3 nitrogen and oxygen atoms in total. The highest BCUT2D eigenvalue weighted by molar-refractivity contribution is 7.98. The molecule has 0 spiro atoms. The predicted molar refractivity (Wildman–Crippen MR) is 90.2 cm³/mol. The minimum absolute atomic E-state index is 0.0574. The summed E-state index contributed by atoms with van der Waals surface area (Å²) in [5, 5.41) is 3.06. The Balaban J connectivity index is 1.76. The van der Waals surface area contributed by atoms with E-state index in [1.165, 1.54) is 32.4 Å². The molecule has 2 rings (SSSR count). The van der Waals surface area contributed by atoms with E-state index >= 15 is 0 Å². The lowest BCUT2D eigenvalue weighted by Crippen LogP contribution is -2.33. The number of hydrogen-bond donors (Lipinski definition) is 1. The molecule has 0 aliphatic carbocycles. The van der Waals surface area contributed by atoms with Crippen LogP contribution in [0.5, 0.6) is 0 Å². The fraction of sp³-hybridized carbons (Fsp3) is 0.588. The van der Waals surface area contributed by atoms with E-state index in [9.17, 15) is 4.79 Å². The van der Waals surface area contributed by atoms with Gasteiger partial charge in [-0.05, 0) is 69.8 Å². The monoisotopic (exact) mass is 306 g/mol. The molecule has 4 heteroatoms. The minimum Gasteiger partial charge on any atom is -0.352 e. The third-order valence-corrected chi connectivity index (χ3v) is 4.80. The summed E-state index contributed by atoms with van der Waals surface area (Å²) in [5.74, 6) is 0.0574. The van der Waals surface area contributed by atoms with Crippen LogP contribution < -0.4 is 5.32 Å². The van der Waals surface area contributed by atoms with E-state index < -0.39 is 0 Å². The van der Waals surface area contributed by atoms with Crippen LogP contribution in [0.4, 0.5) is 0 Å². The van der Waals surface area contributed by atoms with Crippen LogP contribution in [0.1, 0.15) is 41.6 Å². The van der Waals surface area contributed by atoms with Crippen molar-refractivity contribution in [1.82, 2.24) is 10.2 Å². The van der Waals surface area contributed by atoms with Crippen LogP contribution >= 0.6 is 11.8 Å². The summed E-state index contributed by atoms with van der Waals surface area (Å²) in [6.07, 6.45) is 7.09. The first-order valence-electron chi connectivity index (χ1n) is 7.86. The summed E-state index contributed by atoms with van der Waals surface area (Å²) in [4.78, 5) is 15.9. The van der Waals surface area contributed by atoms with E-state index in [4.69, 9.17) is 0 Å². The number of nitrogens with one attached hydrogen (secondary N) is 1. The average molecular weight is 306 g/mol. The van der Waals surface area contributed by atoms with E-state index in [-0.39, 0.29) is 5.91 Å². The lowest BCUT2D eigenvalue weighted by Gasteiger charge is -2.26. The molecule has 1 aliphatic rings. The second-order valence-corrected chi connectivity index (χ2v) is 6.57. The molecule has 0 radical (unpaired) electrons. The average Bonchev–Trinajstić information content (AvgIpc) is 2.53. The Hall–Kier alpha value is -1.00. The van der Waals surface area contributed by atoms with Crippen LogP contribution in [0, 0.1) is 6.92 Å². The number of amides is 1. The molecule has 1 N–H and O–H groups in total. The van der Waals surface area contributed by atoms with Gasteiger partial charge in [-0.15, -0.1) is 11.8 Å². The molecule has 0 bridgehead atoms.